The molecule has 0 spiro atoms. The Morgan fingerprint density at radius 1 is 0.443 bits per heavy atom. The van der Waals surface area contributed by atoms with Crippen molar-refractivity contribution < 1.29 is 52.5 Å². The number of esters is 1. The van der Waals surface area contributed by atoms with Gasteiger partial charge in [-0.1, -0.05) is 255 Å². The van der Waals surface area contributed by atoms with Gasteiger partial charge in [0.2, 0.25) is 0 Å². The quantitative estimate of drug-likeness (QED) is 0.0379. The van der Waals surface area contributed by atoms with E-state index in [1.54, 1.807) is 0 Å². The van der Waals surface area contributed by atoms with Crippen LogP contribution < -0.4 is 0 Å². The van der Waals surface area contributed by atoms with Crippen LogP contribution in [0.2, 0.25) is 0 Å². The van der Waals surface area contributed by atoms with Crippen LogP contribution in [-0.4, -0.2) is 138 Å². The first-order valence-electron chi connectivity index (χ1n) is 32.0. The van der Waals surface area contributed by atoms with Crippen molar-refractivity contribution in [2.24, 2.45) is 11.8 Å². The molecule has 4 unspecified atom stereocenters. The summed E-state index contributed by atoms with van der Waals surface area (Å²) in [6.07, 6.45) is 38.3. The molecule has 0 aliphatic rings. The Labute approximate surface area is 486 Å². The number of hydrogen-bond acceptors (Lipinski definition) is 8. The van der Waals surface area contributed by atoms with Crippen LogP contribution >= 0.6 is 0 Å². The molecule has 0 saturated heterocycles. The van der Waals surface area contributed by atoms with E-state index >= 15 is 0 Å². The highest BCUT2D eigenvalue weighted by Crippen LogP contribution is 2.16. The minimum Gasteiger partial charge on any atom is -0.481 e. The highest BCUT2D eigenvalue weighted by atomic mass is 16.6. The number of quaternary nitrogens is 2. The molecule has 0 heterocycles. The predicted octanol–water partition coefficient (Wildman–Crippen LogP) is 16.2. The van der Waals surface area contributed by atoms with Gasteiger partial charge < -0.3 is 42.9 Å². The first-order valence-corrected chi connectivity index (χ1v) is 32.0. The number of nitrogens with zero attached hydrogens (tertiary/aromatic N) is 2. The molecule has 0 fully saturated rings. The summed E-state index contributed by atoms with van der Waals surface area (Å²) >= 11 is 0. The van der Waals surface area contributed by atoms with Crippen LogP contribution in [0.15, 0.2) is 60.7 Å². The second-order valence-corrected chi connectivity index (χ2v) is 25.0. The summed E-state index contributed by atoms with van der Waals surface area (Å²) in [5.74, 6) is -0.326. The third kappa shape index (κ3) is 56.7. The number of aliphatic hydroxyl groups is 1. The lowest BCUT2D eigenvalue weighted by Gasteiger charge is -2.27. The van der Waals surface area contributed by atoms with Crippen molar-refractivity contribution in [2.45, 2.75) is 246 Å². The smallest absolute Gasteiger partial charge is 0.306 e. The number of unbranched alkanes of at least 4 members (excludes halogenated alkanes) is 26. The molecule has 0 saturated carbocycles. The first kappa shape index (κ1) is 76.1. The zero-order chi connectivity index (χ0) is 58.5. The van der Waals surface area contributed by atoms with Gasteiger partial charge in [0, 0.05) is 25.0 Å². The summed E-state index contributed by atoms with van der Waals surface area (Å²) < 4.78 is 30.7. The monoisotopic (exact) mass is 1110 g/mol. The lowest BCUT2D eigenvalue weighted by Crippen LogP contribution is -2.39. The number of ether oxygens (including phenoxy) is 5. The molecule has 0 bridgehead atoms. The Morgan fingerprint density at radius 2 is 0.759 bits per heavy atom. The Morgan fingerprint density at radius 3 is 1.09 bits per heavy atom. The van der Waals surface area contributed by atoms with E-state index in [9.17, 15) is 14.7 Å². The Kier molecular flexibility index (Phi) is 51.2. The minimum atomic E-state index is -0.703. The van der Waals surface area contributed by atoms with Gasteiger partial charge in [-0.05, 0) is 24.0 Å². The number of carbonyl (C=O) groups excluding carboxylic acids is 1. The van der Waals surface area contributed by atoms with Gasteiger partial charge in [-0.2, -0.15) is 0 Å². The molecule has 2 N–H and O–H groups in total. The van der Waals surface area contributed by atoms with E-state index in [0.717, 1.165) is 59.2 Å². The zero-order valence-corrected chi connectivity index (χ0v) is 53.0. The number of carboxylic acids is 1. The predicted molar refractivity (Wildman–Crippen MR) is 331 cm³/mol. The molecule has 2 rings (SSSR count). The minimum absolute atomic E-state index is 0.00553. The van der Waals surface area contributed by atoms with Crippen molar-refractivity contribution in [2.75, 3.05) is 95.0 Å². The fourth-order valence-electron chi connectivity index (χ4n) is 9.93. The average Bonchev–Trinajstić information content (AvgIpc) is 3.39. The van der Waals surface area contributed by atoms with Crippen molar-refractivity contribution in [3.63, 3.8) is 0 Å². The number of carboxylic acid groups (broad SMARTS) is 1. The summed E-state index contributed by atoms with van der Waals surface area (Å²) in [4.78, 5) is 22.7. The molecule has 460 valence electrons. The fraction of sp³-hybridized carbons (Fsp3) is 0.794. The molecule has 0 aliphatic carbocycles. The van der Waals surface area contributed by atoms with Crippen LogP contribution in [0.25, 0.3) is 0 Å². The van der Waals surface area contributed by atoms with Gasteiger partial charge in [0.15, 0.2) is 0 Å². The summed E-state index contributed by atoms with van der Waals surface area (Å²) in [5.41, 5.74) is 2.23. The maximum Gasteiger partial charge on any atom is 0.306 e. The second-order valence-electron chi connectivity index (χ2n) is 25.0. The SMILES string of the molecule is CC(CC(=O)O)C[N+](C)(C)C.CCCCCCCCCCCCCCCCOCC(CO)OCc1ccccc1.CCCCCCCCCCCCCCCCOCC(COC(=O)CC(C)C[N+](C)(C)C)OCc1ccccc1. The molecular formula is C68H126N2O9+2. The number of benzene rings is 2. The van der Waals surface area contributed by atoms with Gasteiger partial charge in [-0.15, -0.1) is 0 Å². The van der Waals surface area contributed by atoms with Crippen LogP contribution in [-0.2, 0) is 46.5 Å². The third-order valence-electron chi connectivity index (χ3n) is 13.9. The zero-order valence-electron chi connectivity index (χ0n) is 53.0. The normalized spacial score (nSPS) is 13.2. The molecule has 4 atom stereocenters. The van der Waals surface area contributed by atoms with Gasteiger partial charge >= 0.3 is 11.9 Å². The summed E-state index contributed by atoms with van der Waals surface area (Å²) in [6, 6.07) is 20.2. The lowest BCUT2D eigenvalue weighted by molar-refractivity contribution is -0.873. The van der Waals surface area contributed by atoms with Crippen molar-refractivity contribution in [1.82, 2.24) is 0 Å². The van der Waals surface area contributed by atoms with E-state index in [1.165, 1.54) is 167 Å². The lowest BCUT2D eigenvalue weighted by atomic mass is 10.0. The van der Waals surface area contributed by atoms with Crippen LogP contribution in [0.1, 0.15) is 231 Å². The van der Waals surface area contributed by atoms with E-state index in [0.29, 0.717) is 32.8 Å². The average molecular weight is 1120 g/mol. The number of aliphatic carboxylic acids is 1. The fourth-order valence-corrected chi connectivity index (χ4v) is 9.93. The standard InChI is InChI=1S/C34H62NO4.C26H46O3.C8H17NO2/c1-6-7-8-9-10-11-12-13-14-15-16-17-18-22-25-37-29-33(38-28-32-23-20-19-21-24-32)30-39-34(36)26-31(2)27-35(3,4)5;1-2-3-4-5-6-7-8-9-10-11-12-13-14-18-21-28-24-26(22-27)29-23-25-19-16-15-17-20-25;1-7(5-8(10)11)6-9(2,3)4/h19-21,23-24,31,33H,6-18,22,25-30H2,1-5H3;15-17,19-20,26-27H,2-14,18,21-24H2,1H3;7H,5-6H2,1-4H3/q+1;;/p+1. The molecule has 0 radical (unpaired) electrons. The largest absolute Gasteiger partial charge is 0.481 e. The molecule has 0 aromatic heterocycles. The maximum absolute atomic E-state index is 12.4. The summed E-state index contributed by atoms with van der Waals surface area (Å²) in [5, 5.41) is 17.9. The molecular weight excluding hydrogens is 989 g/mol. The first-order chi connectivity index (χ1) is 38.0. The number of rotatable bonds is 51. The van der Waals surface area contributed by atoms with Gasteiger partial charge in [0.05, 0.1) is 101 Å². The Hall–Kier alpha value is -2.90. The molecule has 0 amide bonds. The Balaban J connectivity index is 0.00000133. The van der Waals surface area contributed by atoms with Gasteiger partial charge in [0.25, 0.3) is 0 Å². The molecule has 2 aromatic rings. The topological polar surface area (TPSA) is 121 Å². The van der Waals surface area contributed by atoms with E-state index < -0.39 is 5.97 Å². The summed E-state index contributed by atoms with van der Waals surface area (Å²) in [7, 11) is 12.6. The number of hydrogen-bond donors (Lipinski definition) is 2. The Bertz CT molecular complexity index is 1600. The van der Waals surface area contributed by atoms with Gasteiger partial charge in [0.1, 0.15) is 18.8 Å². The molecule has 79 heavy (non-hydrogen) atoms. The molecule has 0 aliphatic heterocycles. The van der Waals surface area contributed by atoms with Crippen LogP contribution in [0, 0.1) is 11.8 Å². The van der Waals surface area contributed by atoms with E-state index in [1.807, 2.05) is 67.6 Å². The maximum atomic E-state index is 12.4. The van der Waals surface area contributed by atoms with E-state index in [4.69, 9.17) is 28.8 Å². The number of carbonyl (C=O) groups is 2. The van der Waals surface area contributed by atoms with Crippen molar-refractivity contribution in [3.8, 4) is 0 Å². The van der Waals surface area contributed by atoms with E-state index in [2.05, 4.69) is 63.1 Å². The highest BCUT2D eigenvalue weighted by molar-refractivity contribution is 5.69. The second kappa shape index (κ2) is 53.1. The van der Waals surface area contributed by atoms with Gasteiger partial charge in [-0.25, -0.2) is 0 Å². The molecule has 11 heteroatoms. The van der Waals surface area contributed by atoms with Crippen LogP contribution in [0.4, 0.5) is 0 Å². The molecule has 11 nitrogen and oxygen atoms in total. The highest BCUT2D eigenvalue weighted by Gasteiger charge is 2.20. The van der Waals surface area contributed by atoms with Crippen LogP contribution in [0.3, 0.4) is 0 Å². The number of aliphatic hydroxyl groups excluding tert-OH is 1. The third-order valence-corrected chi connectivity index (χ3v) is 13.9. The molecule has 2 aromatic carbocycles. The van der Waals surface area contributed by atoms with Crippen LogP contribution in [0.5, 0.6) is 0 Å². The van der Waals surface area contributed by atoms with E-state index in [-0.39, 0.29) is 49.6 Å². The van der Waals surface area contributed by atoms with Crippen molar-refractivity contribution >= 4 is 11.9 Å². The summed E-state index contributed by atoms with van der Waals surface area (Å²) in [6.45, 7) is 14.2. The van der Waals surface area contributed by atoms with Gasteiger partial charge in [-0.3, -0.25) is 9.59 Å². The van der Waals surface area contributed by atoms with Crippen molar-refractivity contribution in [1.29, 1.82) is 0 Å². The van der Waals surface area contributed by atoms with Crippen molar-refractivity contribution in [3.05, 3.63) is 71.8 Å².